The predicted octanol–water partition coefficient (Wildman–Crippen LogP) is 2.05. The SMILES string of the molecule is CCCCCN(C)c1c(C(=O)O)c(C)nn1C. The smallest absolute Gasteiger partial charge is 0.341 e. The molecule has 1 rings (SSSR count). The summed E-state index contributed by atoms with van der Waals surface area (Å²) in [5.74, 6) is -0.223. The van der Waals surface area contributed by atoms with Crippen LogP contribution in [0.4, 0.5) is 5.82 Å². The highest BCUT2D eigenvalue weighted by Gasteiger charge is 2.21. The molecule has 0 radical (unpaired) electrons. The summed E-state index contributed by atoms with van der Waals surface area (Å²) >= 11 is 0. The van der Waals surface area contributed by atoms with Crippen molar-refractivity contribution in [3.63, 3.8) is 0 Å². The molecule has 0 unspecified atom stereocenters. The number of hydrogen-bond donors (Lipinski definition) is 1. The minimum absolute atomic E-state index is 0.312. The third kappa shape index (κ3) is 2.99. The topological polar surface area (TPSA) is 58.4 Å². The van der Waals surface area contributed by atoms with Gasteiger partial charge in [-0.05, 0) is 13.3 Å². The van der Waals surface area contributed by atoms with Crippen molar-refractivity contribution < 1.29 is 9.90 Å². The highest BCUT2D eigenvalue weighted by Crippen LogP contribution is 2.22. The van der Waals surface area contributed by atoms with Crippen LogP contribution in [0.3, 0.4) is 0 Å². The molecule has 0 aliphatic rings. The van der Waals surface area contributed by atoms with Crippen LogP contribution < -0.4 is 4.90 Å². The number of anilines is 1. The Kier molecular flexibility index (Phi) is 4.54. The fourth-order valence-corrected chi connectivity index (χ4v) is 2.04. The zero-order valence-corrected chi connectivity index (χ0v) is 11.0. The van der Waals surface area contributed by atoms with Gasteiger partial charge in [-0.3, -0.25) is 4.68 Å². The van der Waals surface area contributed by atoms with Crippen LogP contribution in [0.1, 0.15) is 42.2 Å². The summed E-state index contributed by atoms with van der Waals surface area (Å²) in [6.07, 6.45) is 3.38. The van der Waals surface area contributed by atoms with E-state index in [-0.39, 0.29) is 0 Å². The minimum atomic E-state index is -0.909. The van der Waals surface area contributed by atoms with Gasteiger partial charge in [0.1, 0.15) is 11.4 Å². The molecule has 0 atom stereocenters. The quantitative estimate of drug-likeness (QED) is 0.772. The van der Waals surface area contributed by atoms with Crippen molar-refractivity contribution in [1.82, 2.24) is 9.78 Å². The number of carboxylic acids is 1. The molecule has 96 valence electrons. The van der Waals surface area contributed by atoms with Crippen molar-refractivity contribution >= 4 is 11.8 Å². The summed E-state index contributed by atoms with van der Waals surface area (Å²) in [5, 5.41) is 13.4. The second kappa shape index (κ2) is 5.70. The number of aromatic carboxylic acids is 1. The first-order chi connectivity index (χ1) is 7.99. The number of aromatic nitrogens is 2. The second-order valence-electron chi connectivity index (χ2n) is 4.34. The van der Waals surface area contributed by atoms with Crippen LogP contribution in [0.25, 0.3) is 0 Å². The summed E-state index contributed by atoms with van der Waals surface area (Å²) in [4.78, 5) is 13.2. The Morgan fingerprint density at radius 1 is 1.47 bits per heavy atom. The van der Waals surface area contributed by atoms with Gasteiger partial charge in [0.05, 0.1) is 5.69 Å². The third-order valence-electron chi connectivity index (χ3n) is 2.86. The van der Waals surface area contributed by atoms with Crippen molar-refractivity contribution in [3.05, 3.63) is 11.3 Å². The first-order valence-corrected chi connectivity index (χ1v) is 5.97. The van der Waals surface area contributed by atoms with Gasteiger partial charge in [0.15, 0.2) is 0 Å². The van der Waals surface area contributed by atoms with E-state index in [9.17, 15) is 9.90 Å². The molecule has 0 bridgehead atoms. The minimum Gasteiger partial charge on any atom is -0.477 e. The van der Waals surface area contributed by atoms with Crippen molar-refractivity contribution in [2.75, 3.05) is 18.5 Å². The molecular formula is C12H21N3O2. The Labute approximate surface area is 102 Å². The van der Waals surface area contributed by atoms with Gasteiger partial charge in [0.25, 0.3) is 0 Å². The highest BCUT2D eigenvalue weighted by atomic mass is 16.4. The molecule has 1 aromatic heterocycles. The maximum absolute atomic E-state index is 11.2. The average Bonchev–Trinajstić information content (AvgIpc) is 2.53. The molecule has 0 saturated heterocycles. The molecule has 1 N–H and O–H groups in total. The molecule has 17 heavy (non-hydrogen) atoms. The maximum Gasteiger partial charge on any atom is 0.341 e. The number of rotatable bonds is 6. The van der Waals surface area contributed by atoms with Crippen LogP contribution in [0.2, 0.25) is 0 Å². The van der Waals surface area contributed by atoms with E-state index in [2.05, 4.69) is 12.0 Å². The van der Waals surface area contributed by atoms with Gasteiger partial charge < -0.3 is 10.0 Å². The van der Waals surface area contributed by atoms with E-state index >= 15 is 0 Å². The van der Waals surface area contributed by atoms with E-state index in [1.54, 1.807) is 18.7 Å². The van der Waals surface area contributed by atoms with E-state index in [1.807, 2.05) is 11.9 Å². The Bertz CT molecular complexity index is 399. The number of unbranched alkanes of at least 4 members (excludes halogenated alkanes) is 2. The van der Waals surface area contributed by atoms with Crippen molar-refractivity contribution in [2.24, 2.45) is 7.05 Å². The van der Waals surface area contributed by atoms with Gasteiger partial charge >= 0.3 is 5.97 Å². The molecule has 0 fully saturated rings. The van der Waals surface area contributed by atoms with Crippen LogP contribution in [-0.2, 0) is 7.05 Å². The van der Waals surface area contributed by atoms with E-state index in [4.69, 9.17) is 0 Å². The number of nitrogens with zero attached hydrogens (tertiary/aromatic N) is 3. The summed E-state index contributed by atoms with van der Waals surface area (Å²) in [6.45, 7) is 4.73. The van der Waals surface area contributed by atoms with Crippen molar-refractivity contribution in [1.29, 1.82) is 0 Å². The van der Waals surface area contributed by atoms with E-state index in [0.717, 1.165) is 25.8 Å². The molecule has 1 heterocycles. The van der Waals surface area contributed by atoms with Crippen molar-refractivity contribution in [3.8, 4) is 0 Å². The Morgan fingerprint density at radius 2 is 2.12 bits per heavy atom. The zero-order valence-electron chi connectivity index (χ0n) is 11.0. The first kappa shape index (κ1) is 13.5. The fraction of sp³-hybridized carbons (Fsp3) is 0.667. The average molecular weight is 239 g/mol. The van der Waals surface area contributed by atoms with Crippen molar-refractivity contribution in [2.45, 2.75) is 33.1 Å². The lowest BCUT2D eigenvalue weighted by molar-refractivity contribution is 0.0696. The zero-order chi connectivity index (χ0) is 13.0. The Hall–Kier alpha value is -1.52. The molecule has 1 aromatic rings. The van der Waals surface area contributed by atoms with Gasteiger partial charge in [-0.15, -0.1) is 0 Å². The van der Waals surface area contributed by atoms with Gasteiger partial charge in [0.2, 0.25) is 0 Å². The largest absolute Gasteiger partial charge is 0.477 e. The van der Waals surface area contributed by atoms with Crippen LogP contribution in [-0.4, -0.2) is 34.4 Å². The monoisotopic (exact) mass is 239 g/mol. The van der Waals surface area contributed by atoms with Gasteiger partial charge in [0, 0.05) is 20.6 Å². The molecule has 0 aliphatic carbocycles. The van der Waals surface area contributed by atoms with E-state index < -0.39 is 5.97 Å². The molecule has 0 aliphatic heterocycles. The van der Waals surface area contributed by atoms with Gasteiger partial charge in [-0.25, -0.2) is 4.79 Å². The predicted molar refractivity (Wildman–Crippen MR) is 67.7 cm³/mol. The number of hydrogen-bond acceptors (Lipinski definition) is 3. The lowest BCUT2D eigenvalue weighted by Crippen LogP contribution is -2.23. The molecule has 0 amide bonds. The molecule has 5 heteroatoms. The maximum atomic E-state index is 11.2. The van der Waals surface area contributed by atoms with Gasteiger partial charge in [-0.1, -0.05) is 19.8 Å². The Morgan fingerprint density at radius 3 is 2.65 bits per heavy atom. The summed E-state index contributed by atoms with van der Waals surface area (Å²) in [5.41, 5.74) is 0.879. The van der Waals surface area contributed by atoms with E-state index in [0.29, 0.717) is 17.1 Å². The molecule has 5 nitrogen and oxygen atoms in total. The Balaban J connectivity index is 2.92. The fourth-order valence-electron chi connectivity index (χ4n) is 2.04. The number of aryl methyl sites for hydroxylation is 2. The van der Waals surface area contributed by atoms with Crippen LogP contribution in [0.15, 0.2) is 0 Å². The number of carbonyl (C=O) groups is 1. The lowest BCUT2D eigenvalue weighted by Gasteiger charge is -2.19. The standard InChI is InChI=1S/C12H21N3O2/c1-5-6-7-8-14(3)11-10(12(16)17)9(2)13-15(11)4/h5-8H2,1-4H3,(H,16,17). The summed E-state index contributed by atoms with van der Waals surface area (Å²) < 4.78 is 1.64. The highest BCUT2D eigenvalue weighted by molar-refractivity contribution is 5.94. The molecular weight excluding hydrogens is 218 g/mol. The summed E-state index contributed by atoms with van der Waals surface area (Å²) in [7, 11) is 3.70. The molecule has 0 aromatic carbocycles. The van der Waals surface area contributed by atoms with Crippen LogP contribution in [0, 0.1) is 6.92 Å². The van der Waals surface area contributed by atoms with Gasteiger partial charge in [-0.2, -0.15) is 5.10 Å². The molecule has 0 saturated carbocycles. The normalized spacial score (nSPS) is 10.6. The second-order valence-corrected chi connectivity index (χ2v) is 4.34. The lowest BCUT2D eigenvalue weighted by atomic mass is 10.2. The third-order valence-corrected chi connectivity index (χ3v) is 2.86. The van der Waals surface area contributed by atoms with E-state index in [1.165, 1.54) is 0 Å². The van der Waals surface area contributed by atoms with Crippen LogP contribution >= 0.6 is 0 Å². The first-order valence-electron chi connectivity index (χ1n) is 5.97. The molecule has 0 spiro atoms. The summed E-state index contributed by atoms with van der Waals surface area (Å²) in [6, 6.07) is 0. The van der Waals surface area contributed by atoms with Crippen LogP contribution in [0.5, 0.6) is 0 Å². The number of carboxylic acid groups (broad SMARTS) is 1.